The molecule has 0 bridgehead atoms. The van der Waals surface area contributed by atoms with E-state index in [0.29, 0.717) is 6.04 Å². The molecule has 1 aliphatic rings. The van der Waals surface area contributed by atoms with Crippen LogP contribution < -0.4 is 10.2 Å². The van der Waals surface area contributed by atoms with Crippen LogP contribution >= 0.6 is 0 Å². The summed E-state index contributed by atoms with van der Waals surface area (Å²) in [6.45, 7) is 2.83. The molecule has 0 spiro atoms. The zero-order valence-corrected chi connectivity index (χ0v) is 11.4. The lowest BCUT2D eigenvalue weighted by atomic mass is 10.2. The standard InChI is InChI=1S/C15H19N5/c1-2-8-17-13(5-1)11-16-12-14-6-4-10-20(14)15-7-3-9-18-19-15/h1-3,5,7-9,14,16H,4,6,10-12H2/t14-/m1/s1. The van der Waals surface area contributed by atoms with Gasteiger partial charge in [-0.2, -0.15) is 5.10 Å². The maximum atomic E-state index is 4.32. The van der Waals surface area contributed by atoms with Crippen molar-refractivity contribution in [3.8, 4) is 0 Å². The van der Waals surface area contributed by atoms with Crippen LogP contribution in [0.2, 0.25) is 0 Å². The predicted molar refractivity (Wildman–Crippen MR) is 78.3 cm³/mol. The van der Waals surface area contributed by atoms with Crippen LogP contribution in [-0.4, -0.2) is 34.3 Å². The fourth-order valence-electron chi connectivity index (χ4n) is 2.67. The van der Waals surface area contributed by atoms with Crippen LogP contribution in [0.3, 0.4) is 0 Å². The third-order valence-electron chi connectivity index (χ3n) is 3.64. The van der Waals surface area contributed by atoms with Crippen LogP contribution in [-0.2, 0) is 6.54 Å². The molecule has 1 N–H and O–H groups in total. The summed E-state index contributed by atoms with van der Waals surface area (Å²) in [6.07, 6.45) is 5.96. The van der Waals surface area contributed by atoms with Gasteiger partial charge in [0.1, 0.15) is 0 Å². The molecule has 1 atom stereocenters. The largest absolute Gasteiger partial charge is 0.351 e. The van der Waals surface area contributed by atoms with Gasteiger partial charge in [-0.25, -0.2) is 0 Å². The second-order valence-corrected chi connectivity index (χ2v) is 5.02. The van der Waals surface area contributed by atoms with Crippen LogP contribution in [0.1, 0.15) is 18.5 Å². The molecule has 0 radical (unpaired) electrons. The van der Waals surface area contributed by atoms with Gasteiger partial charge >= 0.3 is 0 Å². The molecular formula is C15H19N5. The second-order valence-electron chi connectivity index (χ2n) is 5.02. The Kier molecular flexibility index (Phi) is 4.18. The first-order valence-electron chi connectivity index (χ1n) is 7.08. The maximum Gasteiger partial charge on any atom is 0.151 e. The molecule has 20 heavy (non-hydrogen) atoms. The minimum Gasteiger partial charge on any atom is -0.351 e. The highest BCUT2D eigenvalue weighted by Gasteiger charge is 2.25. The summed E-state index contributed by atoms with van der Waals surface area (Å²) >= 11 is 0. The molecule has 3 rings (SSSR count). The average Bonchev–Trinajstić information content (AvgIpc) is 2.98. The first-order valence-corrected chi connectivity index (χ1v) is 7.08. The summed E-state index contributed by atoms with van der Waals surface area (Å²) in [5.41, 5.74) is 1.08. The molecule has 1 aliphatic heterocycles. The summed E-state index contributed by atoms with van der Waals surface area (Å²) < 4.78 is 0. The molecule has 0 amide bonds. The van der Waals surface area contributed by atoms with Gasteiger partial charge in [-0.1, -0.05) is 6.07 Å². The summed E-state index contributed by atoms with van der Waals surface area (Å²) in [5, 5.41) is 11.7. The van der Waals surface area contributed by atoms with E-state index in [0.717, 1.165) is 31.1 Å². The summed E-state index contributed by atoms with van der Waals surface area (Å²) in [4.78, 5) is 6.67. The normalized spacial score (nSPS) is 18.4. The molecule has 0 unspecified atom stereocenters. The second kappa shape index (κ2) is 6.43. The van der Waals surface area contributed by atoms with Crippen molar-refractivity contribution >= 4 is 5.82 Å². The summed E-state index contributed by atoms with van der Waals surface area (Å²) in [6, 6.07) is 10.5. The number of hydrogen-bond donors (Lipinski definition) is 1. The van der Waals surface area contributed by atoms with Gasteiger partial charge in [-0.3, -0.25) is 4.98 Å². The summed E-state index contributed by atoms with van der Waals surface area (Å²) in [5.74, 6) is 0.981. The van der Waals surface area contributed by atoms with E-state index in [1.165, 1.54) is 12.8 Å². The molecule has 5 heteroatoms. The Morgan fingerprint density at radius 1 is 1.20 bits per heavy atom. The van der Waals surface area contributed by atoms with E-state index in [1.54, 1.807) is 6.20 Å². The number of pyridine rings is 1. The van der Waals surface area contributed by atoms with Crippen LogP contribution in [0, 0.1) is 0 Å². The monoisotopic (exact) mass is 269 g/mol. The van der Waals surface area contributed by atoms with E-state index in [9.17, 15) is 0 Å². The van der Waals surface area contributed by atoms with E-state index in [2.05, 4.69) is 25.4 Å². The van der Waals surface area contributed by atoms with Crippen LogP contribution in [0.4, 0.5) is 5.82 Å². The topological polar surface area (TPSA) is 53.9 Å². The van der Waals surface area contributed by atoms with E-state index in [-0.39, 0.29) is 0 Å². The van der Waals surface area contributed by atoms with Crippen molar-refractivity contribution in [1.29, 1.82) is 0 Å². The molecule has 104 valence electrons. The van der Waals surface area contributed by atoms with Gasteiger partial charge in [0.25, 0.3) is 0 Å². The lowest BCUT2D eigenvalue weighted by Crippen LogP contribution is -2.38. The van der Waals surface area contributed by atoms with Gasteiger partial charge in [-0.15, -0.1) is 5.10 Å². The third-order valence-corrected chi connectivity index (χ3v) is 3.64. The van der Waals surface area contributed by atoms with Crippen molar-refractivity contribution in [2.45, 2.75) is 25.4 Å². The minimum absolute atomic E-state index is 0.496. The van der Waals surface area contributed by atoms with Gasteiger partial charge in [0.05, 0.1) is 5.69 Å². The fraction of sp³-hybridized carbons (Fsp3) is 0.400. The number of nitrogens with one attached hydrogen (secondary N) is 1. The number of aromatic nitrogens is 3. The van der Waals surface area contributed by atoms with Crippen molar-refractivity contribution in [2.24, 2.45) is 0 Å². The molecule has 0 saturated carbocycles. The highest BCUT2D eigenvalue weighted by molar-refractivity contribution is 5.39. The first kappa shape index (κ1) is 13.0. The van der Waals surface area contributed by atoms with E-state index < -0.39 is 0 Å². The number of anilines is 1. The van der Waals surface area contributed by atoms with E-state index in [1.807, 2.05) is 36.5 Å². The zero-order chi connectivity index (χ0) is 13.6. The van der Waals surface area contributed by atoms with Gasteiger partial charge in [0.2, 0.25) is 0 Å². The number of nitrogens with zero attached hydrogens (tertiary/aromatic N) is 4. The predicted octanol–water partition coefficient (Wildman–Crippen LogP) is 1.63. The van der Waals surface area contributed by atoms with Gasteiger partial charge in [0.15, 0.2) is 5.82 Å². The molecule has 0 aromatic carbocycles. The number of rotatable bonds is 5. The van der Waals surface area contributed by atoms with E-state index >= 15 is 0 Å². The summed E-state index contributed by atoms with van der Waals surface area (Å²) in [7, 11) is 0. The van der Waals surface area contributed by atoms with Crippen molar-refractivity contribution in [3.63, 3.8) is 0 Å². The minimum atomic E-state index is 0.496. The average molecular weight is 269 g/mol. The van der Waals surface area contributed by atoms with E-state index in [4.69, 9.17) is 0 Å². The Morgan fingerprint density at radius 3 is 3.00 bits per heavy atom. The van der Waals surface area contributed by atoms with Crippen molar-refractivity contribution in [1.82, 2.24) is 20.5 Å². The Balaban J connectivity index is 1.54. The van der Waals surface area contributed by atoms with Gasteiger partial charge < -0.3 is 10.2 Å². The van der Waals surface area contributed by atoms with Crippen LogP contribution in [0.5, 0.6) is 0 Å². The third kappa shape index (κ3) is 3.11. The fourth-order valence-corrected chi connectivity index (χ4v) is 2.67. The molecular weight excluding hydrogens is 250 g/mol. The SMILES string of the molecule is c1ccc(CNC[C@H]2CCCN2c2cccnn2)nc1. The van der Waals surface area contributed by atoms with Crippen LogP contribution in [0.25, 0.3) is 0 Å². The molecule has 2 aromatic heterocycles. The van der Waals surface area contributed by atoms with Crippen molar-refractivity contribution in [3.05, 3.63) is 48.4 Å². The smallest absolute Gasteiger partial charge is 0.151 e. The van der Waals surface area contributed by atoms with Crippen molar-refractivity contribution in [2.75, 3.05) is 18.0 Å². The van der Waals surface area contributed by atoms with Crippen molar-refractivity contribution < 1.29 is 0 Å². The zero-order valence-electron chi connectivity index (χ0n) is 11.4. The first-order chi connectivity index (χ1) is 9.93. The highest BCUT2D eigenvalue weighted by atomic mass is 15.3. The number of hydrogen-bond acceptors (Lipinski definition) is 5. The molecule has 0 aliphatic carbocycles. The van der Waals surface area contributed by atoms with Gasteiger partial charge in [0, 0.05) is 38.1 Å². The Morgan fingerprint density at radius 2 is 2.20 bits per heavy atom. The Bertz CT molecular complexity index is 516. The molecule has 1 fully saturated rings. The Labute approximate surface area is 119 Å². The quantitative estimate of drug-likeness (QED) is 0.894. The lowest BCUT2D eigenvalue weighted by Gasteiger charge is -2.25. The van der Waals surface area contributed by atoms with Gasteiger partial charge in [-0.05, 0) is 37.1 Å². The maximum absolute atomic E-state index is 4.32. The molecule has 3 heterocycles. The van der Waals surface area contributed by atoms with Crippen LogP contribution in [0.15, 0.2) is 42.7 Å². The Hall–Kier alpha value is -2.01. The molecule has 5 nitrogen and oxygen atoms in total. The molecule has 1 saturated heterocycles. The lowest BCUT2D eigenvalue weighted by molar-refractivity contribution is 0.565. The molecule has 2 aromatic rings. The highest BCUT2D eigenvalue weighted by Crippen LogP contribution is 2.22.